The summed E-state index contributed by atoms with van der Waals surface area (Å²) in [5.74, 6) is -0.0941. The normalized spacial score (nSPS) is 21.1. The molecule has 2 N–H and O–H groups in total. The van der Waals surface area contributed by atoms with Crippen LogP contribution in [0.25, 0.3) is 0 Å². The number of nitrogens with one attached hydrogen (secondary N) is 1. The van der Waals surface area contributed by atoms with Gasteiger partial charge in [-0.15, -0.1) is 0 Å². The number of aliphatic hydroxyl groups excluding tert-OH is 1. The Labute approximate surface area is 266 Å². The van der Waals surface area contributed by atoms with Crippen molar-refractivity contribution in [3.05, 3.63) is 66.4 Å². The molecular formula is C32H46N6O6S. The number of carbonyl (C=O) groups excluding carboxylic acids is 1. The molecule has 45 heavy (non-hydrogen) atoms. The van der Waals surface area contributed by atoms with E-state index in [2.05, 4.69) is 26.5 Å². The molecule has 0 bridgehead atoms. The van der Waals surface area contributed by atoms with E-state index in [0.29, 0.717) is 25.4 Å². The molecule has 0 spiro atoms. The van der Waals surface area contributed by atoms with E-state index in [1.165, 1.54) is 18.6 Å². The third kappa shape index (κ3) is 9.49. The van der Waals surface area contributed by atoms with Crippen molar-refractivity contribution in [3.8, 4) is 5.75 Å². The van der Waals surface area contributed by atoms with Gasteiger partial charge in [-0.05, 0) is 76.1 Å². The van der Waals surface area contributed by atoms with Crippen LogP contribution in [0.2, 0.25) is 0 Å². The molecule has 1 amide bonds. The van der Waals surface area contributed by atoms with Crippen LogP contribution in [0, 0.1) is 5.92 Å². The molecule has 246 valence electrons. The molecule has 0 aliphatic carbocycles. The van der Waals surface area contributed by atoms with E-state index in [1.54, 1.807) is 48.0 Å². The highest BCUT2D eigenvalue weighted by Gasteiger charge is 2.31. The number of benzene rings is 1. The number of fused-ring (bicyclic) bond motifs is 1. The summed E-state index contributed by atoms with van der Waals surface area (Å²) in [7, 11) is -0.266. The van der Waals surface area contributed by atoms with E-state index in [0.717, 1.165) is 31.4 Å². The van der Waals surface area contributed by atoms with Gasteiger partial charge in [0.1, 0.15) is 5.75 Å². The van der Waals surface area contributed by atoms with E-state index in [4.69, 9.17) is 9.47 Å². The van der Waals surface area contributed by atoms with Crippen LogP contribution in [0.3, 0.4) is 0 Å². The Bertz CT molecular complexity index is 1500. The number of aromatic nitrogens is 3. The number of aliphatic hydroxyl groups is 1. The summed E-state index contributed by atoms with van der Waals surface area (Å²) < 4.78 is 42.8. The third-order valence-electron chi connectivity index (χ3n) is 7.95. The molecule has 3 heterocycles. The molecule has 1 aliphatic rings. The highest BCUT2D eigenvalue weighted by atomic mass is 32.2. The van der Waals surface area contributed by atoms with E-state index in [9.17, 15) is 18.3 Å². The van der Waals surface area contributed by atoms with Crippen LogP contribution in [0.15, 0.2) is 60.3 Å². The second-order valence-corrected chi connectivity index (χ2v) is 13.7. The number of rotatable bonds is 9. The van der Waals surface area contributed by atoms with Crippen molar-refractivity contribution in [2.45, 2.75) is 69.9 Å². The van der Waals surface area contributed by atoms with Gasteiger partial charge >= 0.3 is 0 Å². The van der Waals surface area contributed by atoms with Crippen LogP contribution in [0.1, 0.15) is 56.0 Å². The predicted molar refractivity (Wildman–Crippen MR) is 171 cm³/mol. The smallest absolute Gasteiger partial charge is 0.280 e. The number of amides is 1. The Hall–Kier alpha value is -3.52. The van der Waals surface area contributed by atoms with Gasteiger partial charge in [0.25, 0.3) is 15.9 Å². The highest BCUT2D eigenvalue weighted by molar-refractivity contribution is 7.92. The molecule has 0 unspecified atom stereocenters. The zero-order valence-corrected chi connectivity index (χ0v) is 27.6. The molecular weight excluding hydrogens is 596 g/mol. The molecule has 0 saturated heterocycles. The molecule has 1 aromatic carbocycles. The lowest BCUT2D eigenvalue weighted by Crippen LogP contribution is -2.47. The van der Waals surface area contributed by atoms with Crippen molar-refractivity contribution < 1.29 is 27.8 Å². The lowest BCUT2D eigenvalue weighted by molar-refractivity contribution is -0.0177. The number of aryl methyl sites for hydroxylation is 1. The van der Waals surface area contributed by atoms with Crippen molar-refractivity contribution in [3.63, 3.8) is 0 Å². The lowest BCUT2D eigenvalue weighted by Gasteiger charge is -2.36. The second-order valence-electron chi connectivity index (χ2n) is 12.0. The first-order valence-corrected chi connectivity index (χ1v) is 16.9. The SMILES string of the molecule is C[C@@H]1CCCCO[C@H](CN(C)Cc2ccncc2)[C@@H](C)CN([C@H](C)CO)C(=O)c2cc(NS(=O)(=O)c3cn(C)cn3)ccc2O1. The molecule has 13 heteroatoms. The largest absolute Gasteiger partial charge is 0.490 e. The quantitative estimate of drug-likeness (QED) is 0.359. The van der Waals surface area contributed by atoms with Crippen LogP contribution in [-0.2, 0) is 28.4 Å². The summed E-state index contributed by atoms with van der Waals surface area (Å²) in [6.07, 6.45) is 8.49. The first-order valence-electron chi connectivity index (χ1n) is 15.4. The standard InChI is InChI=1S/C32H46N6O6S/c1-23-17-38(24(2)21-39)32(40)28-16-27(35-45(41,42)31-20-37(5)22-34-31)9-10-29(28)44-25(3)8-6-7-15-43-30(23)19-36(4)18-26-11-13-33-14-12-26/h9-14,16,20,22-25,30,35,39H,6-8,15,17-19,21H2,1-5H3/t23-,24+,25+,30+/m0/s1. The number of hydrogen-bond acceptors (Lipinski definition) is 9. The number of carbonyl (C=O) groups is 1. The topological polar surface area (TPSA) is 139 Å². The van der Waals surface area contributed by atoms with E-state index < -0.39 is 16.1 Å². The maximum absolute atomic E-state index is 14.3. The Kier molecular flexibility index (Phi) is 12.0. The van der Waals surface area contributed by atoms with Gasteiger partial charge in [-0.3, -0.25) is 19.4 Å². The average Bonchev–Trinajstić information content (AvgIpc) is 3.46. The van der Waals surface area contributed by atoms with E-state index >= 15 is 0 Å². The van der Waals surface area contributed by atoms with Crippen LogP contribution >= 0.6 is 0 Å². The number of anilines is 1. The summed E-state index contributed by atoms with van der Waals surface area (Å²) in [6, 6.07) is 8.16. The van der Waals surface area contributed by atoms with Crippen molar-refractivity contribution in [2.75, 3.05) is 38.1 Å². The van der Waals surface area contributed by atoms with Crippen molar-refractivity contribution in [1.82, 2.24) is 24.3 Å². The molecule has 0 fully saturated rings. The van der Waals surface area contributed by atoms with Crippen LogP contribution in [-0.4, -0.2) is 95.4 Å². The fraction of sp³-hybridized carbons (Fsp3) is 0.531. The number of hydrogen-bond donors (Lipinski definition) is 2. The van der Waals surface area contributed by atoms with Gasteiger partial charge in [0.2, 0.25) is 0 Å². The van der Waals surface area contributed by atoms with E-state index in [-0.39, 0.29) is 46.9 Å². The molecule has 4 atom stereocenters. The fourth-order valence-corrected chi connectivity index (χ4v) is 6.39. The second kappa shape index (κ2) is 15.7. The third-order valence-corrected chi connectivity index (χ3v) is 9.22. The fourth-order valence-electron chi connectivity index (χ4n) is 5.36. The van der Waals surface area contributed by atoms with Crippen molar-refractivity contribution in [2.24, 2.45) is 13.0 Å². The number of ether oxygens (including phenoxy) is 2. The monoisotopic (exact) mass is 642 g/mol. The summed E-state index contributed by atoms with van der Waals surface area (Å²) in [5, 5.41) is 10.1. The van der Waals surface area contributed by atoms with Crippen molar-refractivity contribution >= 4 is 21.6 Å². The summed E-state index contributed by atoms with van der Waals surface area (Å²) in [5.41, 5.74) is 1.56. The summed E-state index contributed by atoms with van der Waals surface area (Å²) in [4.78, 5) is 26.2. The van der Waals surface area contributed by atoms with Gasteiger partial charge in [0, 0.05) is 63.5 Å². The molecule has 0 radical (unpaired) electrons. The minimum atomic E-state index is -3.99. The van der Waals surface area contributed by atoms with Crippen LogP contribution in [0.5, 0.6) is 5.75 Å². The Balaban J connectivity index is 1.64. The number of pyridine rings is 1. The molecule has 2 aromatic heterocycles. The van der Waals surface area contributed by atoms with Gasteiger partial charge in [-0.25, -0.2) is 4.98 Å². The number of nitrogens with zero attached hydrogens (tertiary/aromatic N) is 5. The predicted octanol–water partition coefficient (Wildman–Crippen LogP) is 3.54. The first kappa shape index (κ1) is 34.4. The minimum absolute atomic E-state index is 0.0834. The number of likely N-dealkylation sites (N-methyl/N-ethyl adjacent to an activating group) is 1. The number of imidazole rings is 1. The Morgan fingerprint density at radius 1 is 1.18 bits per heavy atom. The van der Waals surface area contributed by atoms with Gasteiger partial charge < -0.3 is 24.0 Å². The molecule has 3 aromatic rings. The molecule has 1 aliphatic heterocycles. The van der Waals surface area contributed by atoms with Crippen molar-refractivity contribution in [1.29, 1.82) is 0 Å². The van der Waals surface area contributed by atoms with E-state index in [1.807, 2.05) is 26.1 Å². The highest BCUT2D eigenvalue weighted by Crippen LogP contribution is 2.29. The van der Waals surface area contributed by atoms with Gasteiger partial charge in [0.05, 0.1) is 36.7 Å². The summed E-state index contributed by atoms with van der Waals surface area (Å²) in [6.45, 7) is 7.82. The maximum Gasteiger partial charge on any atom is 0.280 e. The first-order chi connectivity index (χ1) is 21.5. The van der Waals surface area contributed by atoms with Crippen LogP contribution in [0.4, 0.5) is 5.69 Å². The Morgan fingerprint density at radius 3 is 2.62 bits per heavy atom. The Morgan fingerprint density at radius 2 is 1.93 bits per heavy atom. The minimum Gasteiger partial charge on any atom is -0.490 e. The lowest BCUT2D eigenvalue weighted by atomic mass is 10.0. The van der Waals surface area contributed by atoms with Gasteiger partial charge in [0.15, 0.2) is 5.03 Å². The summed E-state index contributed by atoms with van der Waals surface area (Å²) >= 11 is 0. The number of sulfonamides is 1. The zero-order chi connectivity index (χ0) is 32.6. The zero-order valence-electron chi connectivity index (χ0n) is 26.8. The van der Waals surface area contributed by atoms with Crippen LogP contribution < -0.4 is 9.46 Å². The maximum atomic E-state index is 14.3. The molecule has 0 saturated carbocycles. The molecule has 12 nitrogen and oxygen atoms in total. The van der Waals surface area contributed by atoms with Gasteiger partial charge in [-0.1, -0.05) is 6.92 Å². The average molecular weight is 643 g/mol. The van der Waals surface area contributed by atoms with Gasteiger partial charge in [-0.2, -0.15) is 8.42 Å². The molecule has 4 rings (SSSR count).